The average molecular weight is 265 g/mol. The van der Waals surface area contributed by atoms with Crippen molar-refractivity contribution in [1.29, 1.82) is 0 Å². The van der Waals surface area contributed by atoms with Crippen LogP contribution >= 0.6 is 0 Å². The lowest BCUT2D eigenvalue weighted by atomic mass is 10.1. The Balaban J connectivity index is 1.89. The zero-order chi connectivity index (χ0) is 13.9. The second kappa shape index (κ2) is 5.25. The minimum atomic E-state index is 0.407. The van der Waals surface area contributed by atoms with Crippen LogP contribution in [-0.2, 0) is 12.8 Å². The number of nitrogens with zero attached hydrogens (tertiary/aromatic N) is 3. The molecule has 0 saturated carbocycles. The van der Waals surface area contributed by atoms with Crippen molar-refractivity contribution in [2.24, 2.45) is 0 Å². The fourth-order valence-corrected chi connectivity index (χ4v) is 2.39. The summed E-state index contributed by atoms with van der Waals surface area (Å²) in [5, 5.41) is 0. The Morgan fingerprint density at radius 3 is 2.95 bits per heavy atom. The van der Waals surface area contributed by atoms with E-state index in [0.717, 1.165) is 25.0 Å². The van der Waals surface area contributed by atoms with Crippen molar-refractivity contribution in [3.05, 3.63) is 65.4 Å². The molecule has 100 valence electrons. The number of hydrogen-bond donors (Lipinski definition) is 0. The highest BCUT2D eigenvalue weighted by Crippen LogP contribution is 2.12. The highest BCUT2D eigenvalue weighted by molar-refractivity contribution is 5.81. The average Bonchev–Trinajstić information content (AvgIpc) is 2.83. The summed E-state index contributed by atoms with van der Waals surface area (Å²) in [7, 11) is 0. The van der Waals surface area contributed by atoms with Crippen LogP contribution in [0.4, 0.5) is 0 Å². The van der Waals surface area contributed by atoms with E-state index in [-0.39, 0.29) is 0 Å². The van der Waals surface area contributed by atoms with Gasteiger partial charge < -0.3 is 0 Å². The number of aldehydes is 1. The van der Waals surface area contributed by atoms with Crippen molar-refractivity contribution in [3.8, 4) is 0 Å². The molecule has 0 bridgehead atoms. The van der Waals surface area contributed by atoms with Crippen LogP contribution in [0.15, 0.2) is 42.7 Å². The summed E-state index contributed by atoms with van der Waals surface area (Å²) in [6.07, 6.45) is 6.01. The van der Waals surface area contributed by atoms with Crippen LogP contribution in [0.25, 0.3) is 5.65 Å². The molecule has 0 fully saturated rings. The summed E-state index contributed by atoms with van der Waals surface area (Å²) in [6.45, 7) is 2.09. The summed E-state index contributed by atoms with van der Waals surface area (Å²) >= 11 is 0. The maximum Gasteiger partial charge on any atom is 0.172 e. The summed E-state index contributed by atoms with van der Waals surface area (Å²) in [6, 6.07) is 10.3. The fourth-order valence-electron chi connectivity index (χ4n) is 2.39. The van der Waals surface area contributed by atoms with Crippen LogP contribution in [0.1, 0.15) is 27.4 Å². The van der Waals surface area contributed by atoms with Crippen LogP contribution in [0.3, 0.4) is 0 Å². The van der Waals surface area contributed by atoms with Gasteiger partial charge in [0.2, 0.25) is 0 Å². The molecule has 1 aromatic carbocycles. The van der Waals surface area contributed by atoms with Gasteiger partial charge in [0.05, 0.1) is 0 Å². The van der Waals surface area contributed by atoms with E-state index in [1.807, 2.05) is 16.7 Å². The summed E-state index contributed by atoms with van der Waals surface area (Å²) in [5.41, 5.74) is 3.57. The van der Waals surface area contributed by atoms with Gasteiger partial charge in [-0.05, 0) is 25.0 Å². The molecule has 0 aliphatic heterocycles. The molecule has 20 heavy (non-hydrogen) atoms. The molecule has 4 heteroatoms. The van der Waals surface area contributed by atoms with Gasteiger partial charge in [-0.15, -0.1) is 0 Å². The second-order valence-electron chi connectivity index (χ2n) is 4.83. The van der Waals surface area contributed by atoms with Gasteiger partial charge in [0.15, 0.2) is 11.9 Å². The molecule has 0 aliphatic carbocycles. The smallest absolute Gasteiger partial charge is 0.172 e. The lowest BCUT2D eigenvalue weighted by Crippen LogP contribution is -1.98. The third-order valence-corrected chi connectivity index (χ3v) is 3.33. The Bertz CT molecular complexity index is 761. The van der Waals surface area contributed by atoms with E-state index in [1.54, 1.807) is 6.20 Å². The first kappa shape index (κ1) is 12.5. The molecule has 3 rings (SSSR count). The van der Waals surface area contributed by atoms with Gasteiger partial charge in [-0.1, -0.05) is 29.8 Å². The van der Waals surface area contributed by atoms with Crippen LogP contribution in [-0.4, -0.2) is 20.7 Å². The third kappa shape index (κ3) is 2.32. The summed E-state index contributed by atoms with van der Waals surface area (Å²) in [4.78, 5) is 19.6. The number of carbonyl (C=O) groups is 1. The van der Waals surface area contributed by atoms with Gasteiger partial charge >= 0.3 is 0 Å². The molecular weight excluding hydrogens is 250 g/mol. The van der Waals surface area contributed by atoms with Crippen molar-refractivity contribution in [2.75, 3.05) is 0 Å². The molecule has 0 spiro atoms. The number of hydrogen-bond acceptors (Lipinski definition) is 3. The highest BCUT2D eigenvalue weighted by Gasteiger charge is 2.10. The molecule has 0 amide bonds. The van der Waals surface area contributed by atoms with Crippen molar-refractivity contribution in [2.45, 2.75) is 19.8 Å². The quantitative estimate of drug-likeness (QED) is 0.681. The molecule has 4 nitrogen and oxygen atoms in total. The molecule has 0 aliphatic rings. The Labute approximate surface area is 117 Å². The van der Waals surface area contributed by atoms with Gasteiger partial charge in [-0.3, -0.25) is 9.20 Å². The van der Waals surface area contributed by atoms with E-state index in [4.69, 9.17) is 0 Å². The van der Waals surface area contributed by atoms with E-state index < -0.39 is 0 Å². The second-order valence-corrected chi connectivity index (χ2v) is 4.83. The highest BCUT2D eigenvalue weighted by atomic mass is 16.1. The van der Waals surface area contributed by atoms with E-state index >= 15 is 0 Å². The Morgan fingerprint density at radius 1 is 1.25 bits per heavy atom. The van der Waals surface area contributed by atoms with Crippen molar-refractivity contribution >= 4 is 11.9 Å². The Kier molecular flexibility index (Phi) is 3.29. The first-order valence-corrected chi connectivity index (χ1v) is 6.60. The number of benzene rings is 1. The number of imidazole rings is 1. The zero-order valence-corrected chi connectivity index (χ0v) is 11.3. The monoisotopic (exact) mass is 265 g/mol. The maximum atomic E-state index is 11.0. The SMILES string of the molecule is Cc1cccc(CCc2nc(C=O)c3ncccn23)c1. The van der Waals surface area contributed by atoms with Gasteiger partial charge in [-0.25, -0.2) is 9.97 Å². The predicted molar refractivity (Wildman–Crippen MR) is 77.0 cm³/mol. The number of rotatable bonds is 4. The summed E-state index contributed by atoms with van der Waals surface area (Å²) in [5.74, 6) is 0.872. The van der Waals surface area contributed by atoms with E-state index in [9.17, 15) is 4.79 Å². The van der Waals surface area contributed by atoms with Crippen molar-refractivity contribution in [1.82, 2.24) is 14.4 Å². The molecule has 0 saturated heterocycles. The minimum absolute atomic E-state index is 0.407. The number of aromatic nitrogens is 3. The molecule has 2 heterocycles. The normalized spacial score (nSPS) is 10.8. The third-order valence-electron chi connectivity index (χ3n) is 3.33. The van der Waals surface area contributed by atoms with Gasteiger partial charge in [0.1, 0.15) is 11.5 Å². The van der Waals surface area contributed by atoms with E-state index in [0.29, 0.717) is 11.3 Å². The topological polar surface area (TPSA) is 47.3 Å². The van der Waals surface area contributed by atoms with Crippen LogP contribution in [0, 0.1) is 6.92 Å². The first-order valence-electron chi connectivity index (χ1n) is 6.60. The van der Waals surface area contributed by atoms with Gasteiger partial charge in [0.25, 0.3) is 0 Å². The van der Waals surface area contributed by atoms with Crippen molar-refractivity contribution < 1.29 is 4.79 Å². The van der Waals surface area contributed by atoms with E-state index in [2.05, 4.69) is 41.2 Å². The lowest BCUT2D eigenvalue weighted by molar-refractivity contribution is 0.112. The molecule has 0 N–H and O–H groups in total. The number of carbonyl (C=O) groups excluding carboxylic acids is 1. The minimum Gasteiger partial charge on any atom is -0.296 e. The van der Waals surface area contributed by atoms with Gasteiger partial charge in [0, 0.05) is 18.8 Å². The van der Waals surface area contributed by atoms with Gasteiger partial charge in [-0.2, -0.15) is 0 Å². The fraction of sp³-hybridized carbons (Fsp3) is 0.188. The van der Waals surface area contributed by atoms with Crippen molar-refractivity contribution in [3.63, 3.8) is 0 Å². The van der Waals surface area contributed by atoms with Crippen LogP contribution in [0.5, 0.6) is 0 Å². The Hall–Kier alpha value is -2.49. The molecule has 0 radical (unpaired) electrons. The molecule has 2 aromatic heterocycles. The Morgan fingerprint density at radius 2 is 2.15 bits per heavy atom. The summed E-state index contributed by atoms with van der Waals surface area (Å²) < 4.78 is 1.89. The molecular formula is C16H15N3O. The number of aryl methyl sites for hydroxylation is 3. The maximum absolute atomic E-state index is 11.0. The predicted octanol–water partition coefficient (Wildman–Crippen LogP) is 2.64. The molecule has 3 aromatic rings. The molecule has 0 atom stereocenters. The largest absolute Gasteiger partial charge is 0.296 e. The van der Waals surface area contributed by atoms with Crippen LogP contribution < -0.4 is 0 Å². The zero-order valence-electron chi connectivity index (χ0n) is 11.3. The standard InChI is InChI=1S/C16H15N3O/c1-12-4-2-5-13(10-12)6-7-15-18-14(11-20)16-17-8-3-9-19(15)16/h2-5,8-11H,6-7H2,1H3. The lowest BCUT2D eigenvalue weighted by Gasteiger charge is -2.02. The first-order chi connectivity index (χ1) is 9.78. The number of fused-ring (bicyclic) bond motifs is 1. The van der Waals surface area contributed by atoms with E-state index in [1.165, 1.54) is 11.1 Å². The molecule has 0 unspecified atom stereocenters. The van der Waals surface area contributed by atoms with Crippen LogP contribution in [0.2, 0.25) is 0 Å².